The predicted molar refractivity (Wildman–Crippen MR) is 72.1 cm³/mol. The number of fused-ring (bicyclic) bond motifs is 1. The molecule has 1 nitrogen and oxygen atoms in total. The van der Waals surface area contributed by atoms with E-state index < -0.39 is 0 Å². The molecule has 4 heteroatoms. The average molecular weight is 264 g/mol. The molecular formula is C12H8OS3. The van der Waals surface area contributed by atoms with Crippen LogP contribution in [0.15, 0.2) is 34.3 Å². The number of thiophene rings is 3. The maximum atomic E-state index is 12.0. The van der Waals surface area contributed by atoms with E-state index in [0.717, 1.165) is 10.4 Å². The van der Waals surface area contributed by atoms with Gasteiger partial charge < -0.3 is 0 Å². The minimum Gasteiger partial charge on any atom is -0.293 e. The number of Topliss-reactive ketones (excluding diaryl/α,β-unsaturated/α-hetero) is 1. The van der Waals surface area contributed by atoms with E-state index in [2.05, 4.69) is 11.4 Å². The highest BCUT2D eigenvalue weighted by atomic mass is 32.1. The molecule has 0 saturated carbocycles. The van der Waals surface area contributed by atoms with Gasteiger partial charge in [0.15, 0.2) is 5.78 Å². The normalized spacial score (nSPS) is 11.0. The number of hydrogen-bond acceptors (Lipinski definition) is 4. The van der Waals surface area contributed by atoms with Crippen molar-refractivity contribution in [1.29, 1.82) is 0 Å². The van der Waals surface area contributed by atoms with Crippen LogP contribution in [-0.2, 0) is 6.42 Å². The number of ketones is 1. The minimum atomic E-state index is 0.229. The largest absolute Gasteiger partial charge is 0.293 e. The van der Waals surface area contributed by atoms with Crippen LogP contribution in [0.4, 0.5) is 0 Å². The Bertz CT molecular complexity index is 587. The van der Waals surface area contributed by atoms with Crippen molar-refractivity contribution >= 4 is 49.2 Å². The van der Waals surface area contributed by atoms with Crippen molar-refractivity contribution in [3.8, 4) is 0 Å². The molecule has 0 saturated heterocycles. The van der Waals surface area contributed by atoms with Gasteiger partial charge in [-0.15, -0.1) is 22.7 Å². The fourth-order valence-electron chi connectivity index (χ4n) is 1.57. The monoisotopic (exact) mass is 264 g/mol. The van der Waals surface area contributed by atoms with Gasteiger partial charge in [-0.25, -0.2) is 0 Å². The van der Waals surface area contributed by atoms with Crippen LogP contribution in [-0.4, -0.2) is 5.78 Å². The summed E-state index contributed by atoms with van der Waals surface area (Å²) < 4.78 is 2.44. The van der Waals surface area contributed by atoms with Crippen LogP contribution in [0.1, 0.15) is 15.2 Å². The molecule has 0 fully saturated rings. The van der Waals surface area contributed by atoms with Gasteiger partial charge in [0.2, 0.25) is 0 Å². The molecule has 0 atom stereocenters. The summed E-state index contributed by atoms with van der Waals surface area (Å²) in [5, 5.41) is 6.11. The van der Waals surface area contributed by atoms with E-state index in [1.165, 1.54) is 9.40 Å². The maximum absolute atomic E-state index is 12.0. The van der Waals surface area contributed by atoms with Gasteiger partial charge in [-0.1, -0.05) is 0 Å². The fraction of sp³-hybridized carbons (Fsp3) is 0.0833. The van der Waals surface area contributed by atoms with Crippen molar-refractivity contribution in [1.82, 2.24) is 0 Å². The van der Waals surface area contributed by atoms with Gasteiger partial charge in [-0.05, 0) is 39.9 Å². The maximum Gasteiger partial charge on any atom is 0.177 e. The van der Waals surface area contributed by atoms with Gasteiger partial charge in [0.05, 0.1) is 4.88 Å². The van der Waals surface area contributed by atoms with Crippen LogP contribution in [0, 0.1) is 0 Å². The molecular weight excluding hydrogens is 256 g/mol. The van der Waals surface area contributed by atoms with Crippen molar-refractivity contribution < 1.29 is 4.79 Å². The van der Waals surface area contributed by atoms with Crippen molar-refractivity contribution in [2.75, 3.05) is 0 Å². The first-order valence-electron chi connectivity index (χ1n) is 4.84. The standard InChI is InChI=1S/C12H8OS3/c13-9(5-8-1-3-14-7-8)11-6-12-10(16-11)2-4-15-12/h1-4,6-7H,5H2. The molecule has 0 aliphatic rings. The summed E-state index contributed by atoms with van der Waals surface area (Å²) in [6.07, 6.45) is 0.525. The van der Waals surface area contributed by atoms with Crippen molar-refractivity contribution in [3.05, 3.63) is 44.8 Å². The average Bonchev–Trinajstić information content (AvgIpc) is 2.91. The lowest BCUT2D eigenvalue weighted by Crippen LogP contribution is -1.99. The third-order valence-corrected chi connectivity index (χ3v) is 5.23. The van der Waals surface area contributed by atoms with Crippen LogP contribution in [0.3, 0.4) is 0 Å². The molecule has 0 spiro atoms. The van der Waals surface area contributed by atoms with Gasteiger partial charge in [0.1, 0.15) is 0 Å². The van der Waals surface area contributed by atoms with Gasteiger partial charge in [-0.3, -0.25) is 4.79 Å². The Labute approximate surface area is 105 Å². The van der Waals surface area contributed by atoms with Crippen LogP contribution < -0.4 is 0 Å². The van der Waals surface area contributed by atoms with Crippen molar-refractivity contribution in [3.63, 3.8) is 0 Å². The van der Waals surface area contributed by atoms with E-state index in [9.17, 15) is 4.79 Å². The van der Waals surface area contributed by atoms with E-state index in [-0.39, 0.29) is 5.78 Å². The van der Waals surface area contributed by atoms with E-state index in [1.54, 1.807) is 34.0 Å². The summed E-state index contributed by atoms with van der Waals surface area (Å²) in [7, 11) is 0. The third kappa shape index (κ3) is 1.84. The van der Waals surface area contributed by atoms with Crippen molar-refractivity contribution in [2.45, 2.75) is 6.42 Å². The quantitative estimate of drug-likeness (QED) is 0.639. The number of rotatable bonds is 3. The highest BCUT2D eigenvalue weighted by Gasteiger charge is 2.11. The minimum absolute atomic E-state index is 0.229. The molecule has 0 aliphatic carbocycles. The Balaban J connectivity index is 1.87. The molecule has 0 amide bonds. The zero-order chi connectivity index (χ0) is 11.0. The second kappa shape index (κ2) is 4.13. The molecule has 0 unspecified atom stereocenters. The molecule has 3 heterocycles. The lowest BCUT2D eigenvalue weighted by molar-refractivity contribution is 0.0997. The molecule has 3 aromatic heterocycles. The third-order valence-electron chi connectivity index (χ3n) is 2.36. The predicted octanol–water partition coefficient (Wildman–Crippen LogP) is 4.45. The first-order valence-corrected chi connectivity index (χ1v) is 7.48. The van der Waals surface area contributed by atoms with Crippen LogP contribution in [0.2, 0.25) is 0 Å². The van der Waals surface area contributed by atoms with Gasteiger partial charge >= 0.3 is 0 Å². The first-order chi connectivity index (χ1) is 7.83. The molecule has 0 bridgehead atoms. The van der Waals surface area contributed by atoms with E-state index in [4.69, 9.17) is 0 Å². The Hall–Kier alpha value is -0.970. The first kappa shape index (κ1) is 10.2. The summed E-state index contributed by atoms with van der Waals surface area (Å²) in [6.45, 7) is 0. The molecule has 3 rings (SSSR count). The van der Waals surface area contributed by atoms with E-state index >= 15 is 0 Å². The lowest BCUT2D eigenvalue weighted by atomic mass is 10.1. The molecule has 0 radical (unpaired) electrons. The Morgan fingerprint density at radius 2 is 2.12 bits per heavy atom. The van der Waals surface area contributed by atoms with Crippen LogP contribution in [0.5, 0.6) is 0 Å². The summed E-state index contributed by atoms with van der Waals surface area (Å²) in [5.41, 5.74) is 1.12. The number of hydrogen-bond donors (Lipinski definition) is 0. The molecule has 3 aromatic rings. The molecule has 0 N–H and O–H groups in total. The molecule has 0 aliphatic heterocycles. The van der Waals surface area contributed by atoms with Gasteiger partial charge in [-0.2, -0.15) is 11.3 Å². The Morgan fingerprint density at radius 3 is 2.88 bits per heavy atom. The highest BCUT2D eigenvalue weighted by molar-refractivity contribution is 7.27. The summed E-state index contributed by atoms with van der Waals surface area (Å²) in [4.78, 5) is 12.9. The highest BCUT2D eigenvalue weighted by Crippen LogP contribution is 2.30. The topological polar surface area (TPSA) is 17.1 Å². The SMILES string of the molecule is O=C(Cc1ccsc1)c1cc2sccc2s1. The van der Waals surface area contributed by atoms with Gasteiger partial charge in [0, 0.05) is 15.8 Å². The van der Waals surface area contributed by atoms with E-state index in [1.807, 2.05) is 22.9 Å². The Morgan fingerprint density at radius 1 is 1.19 bits per heavy atom. The van der Waals surface area contributed by atoms with Crippen molar-refractivity contribution in [2.24, 2.45) is 0 Å². The molecule has 0 aromatic carbocycles. The van der Waals surface area contributed by atoms with Gasteiger partial charge in [0.25, 0.3) is 0 Å². The fourth-order valence-corrected chi connectivity index (χ4v) is 4.28. The zero-order valence-electron chi connectivity index (χ0n) is 8.30. The second-order valence-electron chi connectivity index (χ2n) is 3.49. The summed E-state index contributed by atoms with van der Waals surface area (Å²) in [5.74, 6) is 0.229. The Kier molecular flexibility index (Phi) is 2.63. The van der Waals surface area contributed by atoms with Crippen LogP contribution >= 0.6 is 34.0 Å². The summed E-state index contributed by atoms with van der Waals surface area (Å²) >= 11 is 4.93. The van der Waals surface area contributed by atoms with E-state index in [0.29, 0.717) is 6.42 Å². The zero-order valence-corrected chi connectivity index (χ0v) is 10.8. The van der Waals surface area contributed by atoms with Crippen LogP contribution in [0.25, 0.3) is 9.40 Å². The smallest absolute Gasteiger partial charge is 0.177 e. The molecule has 16 heavy (non-hydrogen) atoms. The number of carbonyl (C=O) groups excluding carboxylic acids is 1. The summed E-state index contributed by atoms with van der Waals surface area (Å²) in [6, 6.07) is 6.10. The number of carbonyl (C=O) groups is 1. The second-order valence-corrected chi connectivity index (χ2v) is 6.30. The molecule has 80 valence electrons. The lowest BCUT2D eigenvalue weighted by Gasteiger charge is -1.93.